The topological polar surface area (TPSA) is 80.6 Å². The highest BCUT2D eigenvalue weighted by atomic mass is 16.5. The Morgan fingerprint density at radius 1 is 1.28 bits per heavy atom. The molecule has 6 nitrogen and oxygen atoms in total. The summed E-state index contributed by atoms with van der Waals surface area (Å²) >= 11 is 0. The number of nitrogens with one attached hydrogen (secondary N) is 1. The highest BCUT2D eigenvalue weighted by molar-refractivity contribution is 5.99. The average Bonchev–Trinajstić information content (AvgIpc) is 2.94. The third-order valence-corrected chi connectivity index (χ3v) is 4.81. The molecule has 1 aliphatic heterocycles. The van der Waals surface area contributed by atoms with Crippen molar-refractivity contribution in [3.63, 3.8) is 0 Å². The molecule has 1 aromatic carbocycles. The molecule has 0 aliphatic carbocycles. The lowest BCUT2D eigenvalue weighted by atomic mass is 9.86. The molecule has 0 unspecified atom stereocenters. The Hall–Kier alpha value is -2.34. The molecule has 1 aromatic heterocycles. The second-order valence-corrected chi connectivity index (χ2v) is 6.66. The summed E-state index contributed by atoms with van der Waals surface area (Å²) in [5, 5.41) is 13.3. The number of carbonyl (C=O) groups is 2. The smallest absolute Gasteiger partial charge is 0.305 e. The van der Waals surface area contributed by atoms with Crippen LogP contribution in [0, 0.1) is 0 Å². The van der Waals surface area contributed by atoms with Crippen molar-refractivity contribution in [3.05, 3.63) is 36.0 Å². The van der Waals surface area contributed by atoms with Crippen molar-refractivity contribution in [3.8, 4) is 0 Å². The van der Waals surface area contributed by atoms with Gasteiger partial charge in [-0.3, -0.25) is 9.59 Å². The summed E-state index contributed by atoms with van der Waals surface area (Å²) in [5.41, 5.74) is 0.863. The summed E-state index contributed by atoms with van der Waals surface area (Å²) < 4.78 is 7.37. The highest BCUT2D eigenvalue weighted by Gasteiger charge is 2.37. The predicted octanol–water partition coefficient (Wildman–Crippen LogP) is 2.81. The minimum Gasteiger partial charge on any atom is -0.481 e. The molecule has 0 saturated carbocycles. The summed E-state index contributed by atoms with van der Waals surface area (Å²) in [6.45, 7) is 3.74. The van der Waals surface area contributed by atoms with Crippen molar-refractivity contribution >= 4 is 22.8 Å². The molecule has 1 fully saturated rings. The number of para-hydroxylation sites is 1. The number of carboxylic acid groups (broad SMARTS) is 1. The maximum absolute atomic E-state index is 13.0. The first-order valence-corrected chi connectivity index (χ1v) is 8.75. The van der Waals surface area contributed by atoms with Crippen molar-refractivity contribution in [2.75, 3.05) is 13.2 Å². The number of hydrogen-bond acceptors (Lipinski definition) is 3. The van der Waals surface area contributed by atoms with Gasteiger partial charge in [-0.15, -0.1) is 0 Å². The van der Waals surface area contributed by atoms with E-state index in [1.807, 2.05) is 34.9 Å². The number of rotatable bonds is 6. The monoisotopic (exact) mass is 344 g/mol. The SMILES string of the molecule is CCCn1c(C(=O)NC2(CC(=O)O)CCOCC2)cc2ccccc21. The Morgan fingerprint density at radius 2 is 2.00 bits per heavy atom. The van der Waals surface area contributed by atoms with Gasteiger partial charge in [-0.05, 0) is 31.4 Å². The van der Waals surface area contributed by atoms with E-state index in [0.29, 0.717) is 31.7 Å². The average molecular weight is 344 g/mol. The molecule has 6 heteroatoms. The molecule has 25 heavy (non-hydrogen) atoms. The molecule has 3 rings (SSSR count). The van der Waals surface area contributed by atoms with Crippen molar-refractivity contribution in [1.29, 1.82) is 0 Å². The minimum atomic E-state index is -0.906. The van der Waals surface area contributed by atoms with E-state index in [-0.39, 0.29) is 12.3 Å². The van der Waals surface area contributed by atoms with Crippen LogP contribution in [0.5, 0.6) is 0 Å². The molecule has 0 radical (unpaired) electrons. The molecule has 134 valence electrons. The van der Waals surface area contributed by atoms with Gasteiger partial charge in [0.15, 0.2) is 0 Å². The molecule has 1 saturated heterocycles. The number of ether oxygens (including phenoxy) is 1. The summed E-state index contributed by atoms with van der Waals surface area (Å²) in [5.74, 6) is -1.12. The van der Waals surface area contributed by atoms with Crippen LogP contribution < -0.4 is 5.32 Å². The van der Waals surface area contributed by atoms with Crippen LogP contribution in [0.25, 0.3) is 10.9 Å². The molecule has 0 atom stereocenters. The largest absolute Gasteiger partial charge is 0.481 e. The van der Waals surface area contributed by atoms with E-state index >= 15 is 0 Å². The zero-order valence-corrected chi connectivity index (χ0v) is 14.5. The Kier molecular flexibility index (Phi) is 5.08. The number of aliphatic carboxylic acids is 1. The molecule has 2 N–H and O–H groups in total. The molecular formula is C19H24N2O4. The van der Waals surface area contributed by atoms with Gasteiger partial charge in [-0.2, -0.15) is 0 Å². The van der Waals surface area contributed by atoms with E-state index in [9.17, 15) is 14.7 Å². The van der Waals surface area contributed by atoms with E-state index in [4.69, 9.17) is 4.74 Å². The van der Waals surface area contributed by atoms with Crippen molar-refractivity contribution in [1.82, 2.24) is 9.88 Å². The Labute approximate surface area is 146 Å². The number of carboxylic acids is 1. The van der Waals surface area contributed by atoms with E-state index in [1.54, 1.807) is 0 Å². The number of aromatic nitrogens is 1. The van der Waals surface area contributed by atoms with Crippen LogP contribution in [-0.4, -0.2) is 40.3 Å². The number of aryl methyl sites for hydroxylation is 1. The number of hydrogen-bond donors (Lipinski definition) is 2. The summed E-state index contributed by atoms with van der Waals surface area (Å²) in [6.07, 6.45) is 1.85. The number of carbonyl (C=O) groups excluding carboxylic acids is 1. The fourth-order valence-electron chi connectivity index (χ4n) is 3.57. The Bertz CT molecular complexity index is 775. The quantitative estimate of drug-likeness (QED) is 0.844. The molecular weight excluding hydrogens is 320 g/mol. The molecule has 1 amide bonds. The first-order chi connectivity index (χ1) is 12.0. The van der Waals surface area contributed by atoms with E-state index < -0.39 is 11.5 Å². The maximum Gasteiger partial charge on any atom is 0.305 e. The van der Waals surface area contributed by atoms with Gasteiger partial charge < -0.3 is 19.7 Å². The second-order valence-electron chi connectivity index (χ2n) is 6.66. The normalized spacial score (nSPS) is 16.7. The minimum absolute atomic E-state index is 0.0872. The maximum atomic E-state index is 13.0. The standard InChI is InChI=1S/C19H24N2O4/c1-2-9-21-15-6-4-3-5-14(15)12-16(21)18(24)20-19(13-17(22)23)7-10-25-11-8-19/h3-6,12H,2,7-11,13H2,1H3,(H,20,24)(H,22,23). The number of benzene rings is 1. The summed E-state index contributed by atoms with van der Waals surface area (Å²) in [6, 6.07) is 9.78. The lowest BCUT2D eigenvalue weighted by molar-refractivity contribution is -0.139. The first kappa shape index (κ1) is 17.5. The second kappa shape index (κ2) is 7.27. The highest BCUT2D eigenvalue weighted by Crippen LogP contribution is 2.27. The first-order valence-electron chi connectivity index (χ1n) is 8.75. The van der Waals surface area contributed by atoms with Gasteiger partial charge in [-0.25, -0.2) is 0 Å². The van der Waals surface area contributed by atoms with Crippen molar-refractivity contribution in [2.24, 2.45) is 0 Å². The van der Waals surface area contributed by atoms with Gasteiger partial charge >= 0.3 is 5.97 Å². The fraction of sp³-hybridized carbons (Fsp3) is 0.474. The summed E-state index contributed by atoms with van der Waals surface area (Å²) in [4.78, 5) is 24.3. The van der Waals surface area contributed by atoms with E-state index in [0.717, 1.165) is 23.9 Å². The molecule has 2 heterocycles. The van der Waals surface area contributed by atoms with Crippen LogP contribution in [0.3, 0.4) is 0 Å². The third kappa shape index (κ3) is 3.69. The zero-order chi connectivity index (χ0) is 17.9. The Balaban J connectivity index is 1.92. The predicted molar refractivity (Wildman–Crippen MR) is 94.7 cm³/mol. The number of amides is 1. The van der Waals surface area contributed by atoms with Gasteiger partial charge in [-0.1, -0.05) is 25.1 Å². The van der Waals surface area contributed by atoms with Gasteiger partial charge in [0.2, 0.25) is 0 Å². The van der Waals surface area contributed by atoms with Crippen molar-refractivity contribution in [2.45, 2.75) is 44.7 Å². The number of fused-ring (bicyclic) bond motifs is 1. The molecule has 2 aromatic rings. The van der Waals surface area contributed by atoms with Gasteiger partial charge in [0.1, 0.15) is 5.69 Å². The Morgan fingerprint density at radius 3 is 2.68 bits per heavy atom. The van der Waals surface area contributed by atoms with Gasteiger partial charge in [0.05, 0.1) is 12.0 Å². The fourth-order valence-corrected chi connectivity index (χ4v) is 3.57. The van der Waals surface area contributed by atoms with Crippen LogP contribution in [0.2, 0.25) is 0 Å². The lowest BCUT2D eigenvalue weighted by Gasteiger charge is -2.36. The zero-order valence-electron chi connectivity index (χ0n) is 14.5. The lowest BCUT2D eigenvalue weighted by Crippen LogP contribution is -2.53. The van der Waals surface area contributed by atoms with E-state index in [2.05, 4.69) is 12.2 Å². The van der Waals surface area contributed by atoms with Crippen LogP contribution in [-0.2, 0) is 16.1 Å². The molecule has 1 aliphatic rings. The van der Waals surface area contributed by atoms with Gasteiger partial charge in [0.25, 0.3) is 5.91 Å². The van der Waals surface area contributed by atoms with Crippen LogP contribution in [0.1, 0.15) is 43.1 Å². The van der Waals surface area contributed by atoms with E-state index in [1.165, 1.54) is 0 Å². The van der Waals surface area contributed by atoms with Crippen molar-refractivity contribution < 1.29 is 19.4 Å². The molecule has 0 bridgehead atoms. The molecule has 0 spiro atoms. The van der Waals surface area contributed by atoms with Crippen LogP contribution >= 0.6 is 0 Å². The van der Waals surface area contributed by atoms with Gasteiger partial charge in [0, 0.05) is 30.7 Å². The van der Waals surface area contributed by atoms with Crippen LogP contribution in [0.4, 0.5) is 0 Å². The third-order valence-electron chi connectivity index (χ3n) is 4.81. The number of nitrogens with zero attached hydrogens (tertiary/aromatic N) is 1. The van der Waals surface area contributed by atoms with Crippen LogP contribution in [0.15, 0.2) is 30.3 Å². The summed E-state index contributed by atoms with van der Waals surface area (Å²) in [7, 11) is 0.